The van der Waals surface area contributed by atoms with Gasteiger partial charge in [-0.1, -0.05) is 6.07 Å². The van der Waals surface area contributed by atoms with Crippen LogP contribution in [0.3, 0.4) is 0 Å². The van der Waals surface area contributed by atoms with Crippen molar-refractivity contribution in [3.05, 3.63) is 29.3 Å². The lowest BCUT2D eigenvalue weighted by Crippen LogP contribution is -2.34. The van der Waals surface area contributed by atoms with Gasteiger partial charge in [-0.25, -0.2) is 4.79 Å². The Morgan fingerprint density at radius 1 is 1.37 bits per heavy atom. The number of rotatable bonds is 3. The second kappa shape index (κ2) is 5.87. The van der Waals surface area contributed by atoms with E-state index in [0.717, 1.165) is 43.5 Å². The first-order valence-corrected chi connectivity index (χ1v) is 6.55. The van der Waals surface area contributed by atoms with Gasteiger partial charge in [-0.2, -0.15) is 0 Å². The largest absolute Gasteiger partial charge is 0.465 e. The molecule has 1 aliphatic rings. The molecule has 0 aromatic heterocycles. The van der Waals surface area contributed by atoms with Crippen molar-refractivity contribution in [2.75, 3.05) is 25.1 Å². The average molecular weight is 261 g/mol. The maximum absolute atomic E-state index is 11.7. The summed E-state index contributed by atoms with van der Waals surface area (Å²) in [6, 6.07) is 5.83. The van der Waals surface area contributed by atoms with Gasteiger partial charge in [0.25, 0.3) is 0 Å². The standard InChI is InChI=1S/C15H19NO3/c1-11-3-4-13(9-14(11)15(18)19-2)16-7-5-12(10-17)6-8-16/h3-4,9-10,12H,5-8H2,1-2H3. The number of aryl methyl sites for hydroxylation is 1. The van der Waals surface area contributed by atoms with Crippen molar-refractivity contribution in [3.8, 4) is 0 Å². The van der Waals surface area contributed by atoms with Gasteiger partial charge in [-0.15, -0.1) is 0 Å². The molecule has 0 radical (unpaired) electrons. The summed E-state index contributed by atoms with van der Waals surface area (Å²) >= 11 is 0. The highest BCUT2D eigenvalue weighted by atomic mass is 16.5. The fourth-order valence-electron chi connectivity index (χ4n) is 2.43. The van der Waals surface area contributed by atoms with Crippen LogP contribution in [0.15, 0.2) is 18.2 Å². The van der Waals surface area contributed by atoms with Crippen molar-refractivity contribution >= 4 is 17.9 Å². The van der Waals surface area contributed by atoms with E-state index in [1.54, 1.807) is 0 Å². The summed E-state index contributed by atoms with van der Waals surface area (Å²) in [7, 11) is 1.39. The molecule has 1 aromatic rings. The summed E-state index contributed by atoms with van der Waals surface area (Å²) < 4.78 is 4.79. The van der Waals surface area contributed by atoms with Gasteiger partial charge in [0.2, 0.25) is 0 Å². The number of hydrogen-bond acceptors (Lipinski definition) is 4. The van der Waals surface area contributed by atoms with Crippen molar-refractivity contribution in [2.45, 2.75) is 19.8 Å². The molecule has 0 aliphatic carbocycles. The van der Waals surface area contributed by atoms with E-state index in [1.807, 2.05) is 25.1 Å². The number of anilines is 1. The molecule has 19 heavy (non-hydrogen) atoms. The van der Waals surface area contributed by atoms with Gasteiger partial charge in [-0.3, -0.25) is 0 Å². The first-order valence-electron chi connectivity index (χ1n) is 6.55. The number of hydrogen-bond donors (Lipinski definition) is 0. The molecule has 0 amide bonds. The van der Waals surface area contributed by atoms with Crippen molar-refractivity contribution < 1.29 is 14.3 Å². The van der Waals surface area contributed by atoms with Gasteiger partial charge in [0.1, 0.15) is 6.29 Å². The Morgan fingerprint density at radius 3 is 2.63 bits per heavy atom. The van der Waals surface area contributed by atoms with Gasteiger partial charge >= 0.3 is 5.97 Å². The van der Waals surface area contributed by atoms with Crippen LogP contribution in [0.4, 0.5) is 5.69 Å². The predicted molar refractivity (Wildman–Crippen MR) is 73.5 cm³/mol. The molecular weight excluding hydrogens is 242 g/mol. The van der Waals surface area contributed by atoms with Crippen molar-refractivity contribution in [2.24, 2.45) is 5.92 Å². The number of benzene rings is 1. The Hall–Kier alpha value is -1.84. The lowest BCUT2D eigenvalue weighted by Gasteiger charge is -2.31. The molecule has 1 saturated heterocycles. The number of carbonyl (C=O) groups excluding carboxylic acids is 2. The Balaban J connectivity index is 2.17. The molecule has 4 nitrogen and oxygen atoms in total. The van der Waals surface area contributed by atoms with Crippen LogP contribution in [-0.2, 0) is 9.53 Å². The zero-order valence-electron chi connectivity index (χ0n) is 11.4. The summed E-state index contributed by atoms with van der Waals surface area (Å²) in [6.45, 7) is 3.61. The third-order valence-corrected chi connectivity index (χ3v) is 3.72. The maximum Gasteiger partial charge on any atom is 0.338 e. The molecule has 0 saturated carbocycles. The Morgan fingerprint density at radius 2 is 2.05 bits per heavy atom. The van der Waals surface area contributed by atoms with E-state index >= 15 is 0 Å². The topological polar surface area (TPSA) is 46.6 Å². The molecule has 0 unspecified atom stereocenters. The number of piperidine rings is 1. The molecule has 1 heterocycles. The van der Waals surface area contributed by atoms with Crippen molar-refractivity contribution in [3.63, 3.8) is 0 Å². The smallest absolute Gasteiger partial charge is 0.338 e. The fraction of sp³-hybridized carbons (Fsp3) is 0.467. The number of esters is 1. The molecule has 4 heteroatoms. The first kappa shape index (κ1) is 13.6. The molecule has 2 rings (SSSR count). The summed E-state index contributed by atoms with van der Waals surface area (Å²) in [6.07, 6.45) is 2.81. The lowest BCUT2D eigenvalue weighted by atomic mass is 9.97. The van der Waals surface area contributed by atoms with Crippen LogP contribution in [-0.4, -0.2) is 32.5 Å². The number of ether oxygens (including phenoxy) is 1. The zero-order chi connectivity index (χ0) is 13.8. The SMILES string of the molecule is COC(=O)c1cc(N2CCC(C=O)CC2)ccc1C. The van der Waals surface area contributed by atoms with Crippen LogP contribution in [0.2, 0.25) is 0 Å². The van der Waals surface area contributed by atoms with Crippen LogP contribution in [0.5, 0.6) is 0 Å². The molecule has 0 bridgehead atoms. The van der Waals surface area contributed by atoms with Gasteiger partial charge < -0.3 is 14.4 Å². The van der Waals surface area contributed by atoms with Crippen LogP contribution < -0.4 is 4.90 Å². The monoisotopic (exact) mass is 261 g/mol. The third kappa shape index (κ3) is 2.95. The molecule has 0 atom stereocenters. The lowest BCUT2D eigenvalue weighted by molar-refractivity contribution is -0.111. The second-order valence-electron chi connectivity index (χ2n) is 4.95. The van der Waals surface area contributed by atoms with Crippen LogP contribution in [0.1, 0.15) is 28.8 Å². The van der Waals surface area contributed by atoms with Crippen molar-refractivity contribution in [1.29, 1.82) is 0 Å². The molecule has 1 aromatic carbocycles. The molecule has 0 spiro atoms. The highest BCUT2D eigenvalue weighted by molar-refractivity contribution is 5.92. The van der Waals surface area contributed by atoms with E-state index in [-0.39, 0.29) is 11.9 Å². The second-order valence-corrected chi connectivity index (χ2v) is 4.95. The van der Waals surface area contributed by atoms with E-state index in [9.17, 15) is 9.59 Å². The van der Waals surface area contributed by atoms with Crippen LogP contribution in [0, 0.1) is 12.8 Å². The molecule has 1 aliphatic heterocycles. The van der Waals surface area contributed by atoms with Gasteiger partial charge in [0.05, 0.1) is 12.7 Å². The van der Waals surface area contributed by atoms with Gasteiger partial charge in [0, 0.05) is 24.7 Å². The minimum Gasteiger partial charge on any atom is -0.465 e. The number of methoxy groups -OCH3 is 1. The number of nitrogens with zero attached hydrogens (tertiary/aromatic N) is 1. The predicted octanol–water partition coefficient (Wildman–Crippen LogP) is 2.20. The quantitative estimate of drug-likeness (QED) is 0.618. The Bertz CT molecular complexity index is 476. The number of carbonyl (C=O) groups is 2. The maximum atomic E-state index is 11.7. The molecule has 102 valence electrons. The average Bonchev–Trinajstić information content (AvgIpc) is 2.47. The highest BCUT2D eigenvalue weighted by Crippen LogP contribution is 2.24. The van der Waals surface area contributed by atoms with Gasteiger partial charge in [-0.05, 0) is 37.5 Å². The normalized spacial score (nSPS) is 16.2. The van der Waals surface area contributed by atoms with E-state index in [2.05, 4.69) is 4.90 Å². The molecular formula is C15H19NO3. The fourth-order valence-corrected chi connectivity index (χ4v) is 2.43. The van der Waals surface area contributed by atoms with Crippen molar-refractivity contribution in [1.82, 2.24) is 0 Å². The number of aldehydes is 1. The van der Waals surface area contributed by atoms with E-state index < -0.39 is 0 Å². The Labute approximate surface area is 113 Å². The zero-order valence-corrected chi connectivity index (χ0v) is 11.4. The van der Waals surface area contributed by atoms with Crippen LogP contribution in [0.25, 0.3) is 0 Å². The summed E-state index contributed by atoms with van der Waals surface area (Å²) in [5, 5.41) is 0. The summed E-state index contributed by atoms with van der Waals surface area (Å²) in [5.74, 6) is -0.121. The third-order valence-electron chi connectivity index (χ3n) is 3.72. The Kier molecular flexibility index (Phi) is 4.20. The van der Waals surface area contributed by atoms with Crippen LogP contribution >= 0.6 is 0 Å². The minimum atomic E-state index is -0.304. The first-order chi connectivity index (χ1) is 9.15. The van der Waals surface area contributed by atoms with E-state index in [4.69, 9.17) is 4.74 Å². The molecule has 0 N–H and O–H groups in total. The molecule has 1 fully saturated rings. The van der Waals surface area contributed by atoms with Gasteiger partial charge in [0.15, 0.2) is 0 Å². The van der Waals surface area contributed by atoms with E-state index in [0.29, 0.717) is 5.56 Å². The van der Waals surface area contributed by atoms with E-state index in [1.165, 1.54) is 7.11 Å². The summed E-state index contributed by atoms with van der Waals surface area (Å²) in [4.78, 5) is 24.6. The highest BCUT2D eigenvalue weighted by Gasteiger charge is 2.20. The minimum absolute atomic E-state index is 0.182. The summed E-state index contributed by atoms with van der Waals surface area (Å²) in [5.41, 5.74) is 2.55.